The molecule has 0 aromatic carbocycles. The van der Waals surface area contributed by atoms with E-state index >= 15 is 0 Å². The number of nitrogens with one attached hydrogen (secondary N) is 1. The van der Waals surface area contributed by atoms with E-state index in [4.69, 9.17) is 0 Å². The van der Waals surface area contributed by atoms with Crippen LogP contribution in [0.15, 0.2) is 0 Å². The summed E-state index contributed by atoms with van der Waals surface area (Å²) in [6.45, 7) is 7.26. The van der Waals surface area contributed by atoms with E-state index in [1.807, 2.05) is 0 Å². The van der Waals surface area contributed by atoms with Gasteiger partial charge in [0.15, 0.2) is 0 Å². The Morgan fingerprint density at radius 2 is 2.00 bits per heavy atom. The van der Waals surface area contributed by atoms with E-state index in [9.17, 15) is 0 Å². The van der Waals surface area contributed by atoms with Crippen molar-refractivity contribution >= 4 is 0 Å². The van der Waals surface area contributed by atoms with E-state index in [0.29, 0.717) is 0 Å². The van der Waals surface area contributed by atoms with Crippen molar-refractivity contribution in [3.05, 3.63) is 0 Å². The summed E-state index contributed by atoms with van der Waals surface area (Å²) in [6.07, 6.45) is 9.74. The molecule has 1 saturated carbocycles. The second kappa shape index (κ2) is 6.02. The molecular formula is C14H28N2. The molecule has 16 heavy (non-hydrogen) atoms. The molecule has 1 N–H and O–H groups in total. The van der Waals surface area contributed by atoms with Gasteiger partial charge in [-0.25, -0.2) is 0 Å². The van der Waals surface area contributed by atoms with Crippen molar-refractivity contribution in [1.29, 1.82) is 0 Å². The first-order valence-corrected chi connectivity index (χ1v) is 7.34. The summed E-state index contributed by atoms with van der Waals surface area (Å²) in [7, 11) is 0. The summed E-state index contributed by atoms with van der Waals surface area (Å²) in [6, 6.07) is 2.50. The van der Waals surface area contributed by atoms with Gasteiger partial charge < -0.3 is 5.32 Å². The predicted molar refractivity (Wildman–Crippen MR) is 69.7 cm³/mol. The zero-order valence-electron chi connectivity index (χ0n) is 11.0. The Bertz CT molecular complexity index is 201. The van der Waals surface area contributed by atoms with Crippen molar-refractivity contribution in [2.45, 2.75) is 76.9 Å². The highest BCUT2D eigenvalue weighted by Crippen LogP contribution is 2.24. The second-order valence-corrected chi connectivity index (χ2v) is 5.54. The van der Waals surface area contributed by atoms with Crippen LogP contribution in [0, 0.1) is 0 Å². The summed E-state index contributed by atoms with van der Waals surface area (Å²) >= 11 is 0. The topological polar surface area (TPSA) is 15.3 Å². The van der Waals surface area contributed by atoms with Crippen molar-refractivity contribution in [3.8, 4) is 0 Å². The Morgan fingerprint density at radius 3 is 2.62 bits per heavy atom. The minimum absolute atomic E-state index is 0.783. The summed E-state index contributed by atoms with van der Waals surface area (Å²) in [5.41, 5.74) is 0. The van der Waals surface area contributed by atoms with Crippen LogP contribution in [0.25, 0.3) is 0 Å². The molecule has 1 saturated heterocycles. The van der Waals surface area contributed by atoms with E-state index in [-0.39, 0.29) is 0 Å². The standard InChI is InChI=1S/C14H28N2/c1-3-13-7-5-6-10-16(13)14(4-2)11-15-12-8-9-12/h12-15H,3-11H2,1-2H3. The Kier molecular flexibility index (Phi) is 4.66. The molecule has 1 heterocycles. The van der Waals surface area contributed by atoms with Crippen LogP contribution in [0.4, 0.5) is 0 Å². The monoisotopic (exact) mass is 224 g/mol. The van der Waals surface area contributed by atoms with Gasteiger partial charge in [0.1, 0.15) is 0 Å². The minimum Gasteiger partial charge on any atom is -0.312 e. The van der Waals surface area contributed by atoms with Crippen molar-refractivity contribution < 1.29 is 0 Å². The summed E-state index contributed by atoms with van der Waals surface area (Å²) in [5.74, 6) is 0. The first-order chi connectivity index (χ1) is 7.85. The average Bonchev–Trinajstić information content (AvgIpc) is 3.14. The molecule has 2 fully saturated rings. The molecule has 1 aliphatic heterocycles. The third-order valence-corrected chi connectivity index (χ3v) is 4.30. The third kappa shape index (κ3) is 3.21. The number of likely N-dealkylation sites (tertiary alicyclic amines) is 1. The first-order valence-electron chi connectivity index (χ1n) is 7.34. The molecule has 2 rings (SSSR count). The molecule has 94 valence electrons. The van der Waals surface area contributed by atoms with Crippen LogP contribution in [0.3, 0.4) is 0 Å². The van der Waals surface area contributed by atoms with Gasteiger partial charge in [-0.3, -0.25) is 4.90 Å². The van der Waals surface area contributed by atoms with Gasteiger partial charge in [-0.1, -0.05) is 20.3 Å². The molecular weight excluding hydrogens is 196 g/mol. The Morgan fingerprint density at radius 1 is 1.19 bits per heavy atom. The number of hydrogen-bond donors (Lipinski definition) is 1. The van der Waals surface area contributed by atoms with Crippen LogP contribution in [-0.2, 0) is 0 Å². The molecule has 0 amide bonds. The number of hydrogen-bond acceptors (Lipinski definition) is 2. The fourth-order valence-electron chi connectivity index (χ4n) is 3.03. The quantitative estimate of drug-likeness (QED) is 0.746. The second-order valence-electron chi connectivity index (χ2n) is 5.54. The van der Waals surface area contributed by atoms with Crippen LogP contribution >= 0.6 is 0 Å². The van der Waals surface area contributed by atoms with Crippen LogP contribution in [0.1, 0.15) is 58.8 Å². The molecule has 0 bridgehead atoms. The van der Waals surface area contributed by atoms with Gasteiger partial charge in [-0.05, 0) is 45.1 Å². The molecule has 2 atom stereocenters. The fourth-order valence-corrected chi connectivity index (χ4v) is 3.03. The maximum atomic E-state index is 3.71. The lowest BCUT2D eigenvalue weighted by atomic mass is 9.97. The van der Waals surface area contributed by atoms with Gasteiger partial charge in [0.2, 0.25) is 0 Å². The summed E-state index contributed by atoms with van der Waals surface area (Å²) in [4.78, 5) is 2.79. The van der Waals surface area contributed by atoms with Crippen molar-refractivity contribution in [2.24, 2.45) is 0 Å². The Labute approximate surface area is 101 Å². The molecule has 0 radical (unpaired) electrons. The molecule has 0 spiro atoms. The molecule has 2 heteroatoms. The lowest BCUT2D eigenvalue weighted by Gasteiger charge is -2.41. The third-order valence-electron chi connectivity index (χ3n) is 4.30. The van der Waals surface area contributed by atoms with Crippen LogP contribution in [0.2, 0.25) is 0 Å². The lowest BCUT2D eigenvalue weighted by molar-refractivity contribution is 0.0880. The molecule has 2 aliphatic rings. The van der Waals surface area contributed by atoms with E-state index < -0.39 is 0 Å². The van der Waals surface area contributed by atoms with Gasteiger partial charge in [-0.15, -0.1) is 0 Å². The van der Waals surface area contributed by atoms with Gasteiger partial charge in [0.25, 0.3) is 0 Å². The highest BCUT2D eigenvalue weighted by Gasteiger charge is 2.28. The first kappa shape index (κ1) is 12.4. The zero-order valence-corrected chi connectivity index (χ0v) is 11.0. The van der Waals surface area contributed by atoms with Gasteiger partial charge in [-0.2, -0.15) is 0 Å². The zero-order chi connectivity index (χ0) is 11.4. The summed E-state index contributed by atoms with van der Waals surface area (Å²) < 4.78 is 0. The van der Waals surface area contributed by atoms with Crippen LogP contribution in [-0.4, -0.2) is 36.1 Å². The predicted octanol–water partition coefficient (Wildman–Crippen LogP) is 2.78. The highest BCUT2D eigenvalue weighted by molar-refractivity contribution is 4.87. The SMILES string of the molecule is CCC1CCCCN1C(CC)CNC1CC1. The maximum Gasteiger partial charge on any atom is 0.0221 e. The van der Waals surface area contributed by atoms with Gasteiger partial charge in [0, 0.05) is 24.7 Å². The molecule has 2 nitrogen and oxygen atoms in total. The molecule has 2 unspecified atom stereocenters. The highest BCUT2D eigenvalue weighted by atomic mass is 15.2. The molecule has 0 aromatic heterocycles. The Balaban J connectivity index is 1.83. The van der Waals surface area contributed by atoms with E-state index in [0.717, 1.165) is 18.1 Å². The van der Waals surface area contributed by atoms with E-state index in [1.54, 1.807) is 0 Å². The smallest absolute Gasteiger partial charge is 0.0221 e. The largest absolute Gasteiger partial charge is 0.312 e. The number of nitrogens with zero attached hydrogens (tertiary/aromatic N) is 1. The molecule has 1 aliphatic carbocycles. The van der Waals surface area contributed by atoms with Crippen molar-refractivity contribution in [1.82, 2.24) is 10.2 Å². The normalized spacial score (nSPS) is 29.2. The van der Waals surface area contributed by atoms with E-state index in [1.165, 1.54) is 58.0 Å². The number of rotatable bonds is 6. The average molecular weight is 224 g/mol. The minimum atomic E-state index is 0.783. The van der Waals surface area contributed by atoms with Gasteiger partial charge >= 0.3 is 0 Å². The van der Waals surface area contributed by atoms with E-state index in [2.05, 4.69) is 24.1 Å². The van der Waals surface area contributed by atoms with Crippen molar-refractivity contribution in [2.75, 3.05) is 13.1 Å². The molecule has 0 aromatic rings. The van der Waals surface area contributed by atoms with Crippen molar-refractivity contribution in [3.63, 3.8) is 0 Å². The van der Waals surface area contributed by atoms with Gasteiger partial charge in [0.05, 0.1) is 0 Å². The fraction of sp³-hybridized carbons (Fsp3) is 1.00. The van der Waals surface area contributed by atoms with Crippen LogP contribution < -0.4 is 5.32 Å². The lowest BCUT2D eigenvalue weighted by Crippen LogP contribution is -2.50. The summed E-state index contributed by atoms with van der Waals surface area (Å²) in [5, 5.41) is 3.71. The van der Waals surface area contributed by atoms with Crippen LogP contribution in [0.5, 0.6) is 0 Å². The maximum absolute atomic E-state index is 3.71. The number of piperidine rings is 1. The Hall–Kier alpha value is -0.0800.